The second-order valence-electron chi connectivity index (χ2n) is 3.09. The van der Waals surface area contributed by atoms with Crippen LogP contribution in [-0.2, 0) is 0 Å². The fraction of sp³-hybridized carbons (Fsp3) is 0.778. The van der Waals surface area contributed by atoms with Gasteiger partial charge in [0.2, 0.25) is 0 Å². The van der Waals surface area contributed by atoms with Crippen LogP contribution in [0.1, 0.15) is 33.6 Å². The molecule has 0 N–H and O–H groups in total. The fourth-order valence-electron chi connectivity index (χ4n) is 1.16. The van der Waals surface area contributed by atoms with E-state index in [-0.39, 0.29) is 0 Å². The highest BCUT2D eigenvalue weighted by Gasteiger charge is 2.13. The SMILES string of the molecule is C=C(Cl)C(CCC)C(C)C. The highest BCUT2D eigenvalue weighted by atomic mass is 35.5. The molecule has 0 amide bonds. The second kappa shape index (κ2) is 4.79. The molecule has 1 atom stereocenters. The average Bonchev–Trinajstić information content (AvgIpc) is 1.81. The fourth-order valence-corrected chi connectivity index (χ4v) is 1.52. The molecule has 0 aliphatic carbocycles. The quantitative estimate of drug-likeness (QED) is 0.587. The molecule has 0 aromatic rings. The van der Waals surface area contributed by atoms with Crippen molar-refractivity contribution in [1.82, 2.24) is 0 Å². The molecular weight excluding hydrogens is 144 g/mol. The van der Waals surface area contributed by atoms with Gasteiger partial charge in [0.1, 0.15) is 0 Å². The Bertz CT molecular complexity index is 105. The van der Waals surface area contributed by atoms with Gasteiger partial charge in [0, 0.05) is 5.03 Å². The van der Waals surface area contributed by atoms with Gasteiger partial charge >= 0.3 is 0 Å². The summed E-state index contributed by atoms with van der Waals surface area (Å²) in [6.45, 7) is 10.3. The lowest BCUT2D eigenvalue weighted by molar-refractivity contribution is 0.425. The highest BCUT2D eigenvalue weighted by molar-refractivity contribution is 6.29. The van der Waals surface area contributed by atoms with Crippen molar-refractivity contribution in [2.24, 2.45) is 11.8 Å². The molecule has 0 bridgehead atoms. The van der Waals surface area contributed by atoms with Crippen molar-refractivity contribution in [2.45, 2.75) is 33.6 Å². The largest absolute Gasteiger partial charge is 0.0895 e. The molecule has 60 valence electrons. The molecule has 0 rings (SSSR count). The van der Waals surface area contributed by atoms with Gasteiger partial charge in [-0.05, 0) is 18.3 Å². The average molecular weight is 161 g/mol. The highest BCUT2D eigenvalue weighted by Crippen LogP contribution is 2.26. The van der Waals surface area contributed by atoms with Crippen molar-refractivity contribution < 1.29 is 0 Å². The Labute approximate surface area is 69.3 Å². The summed E-state index contributed by atoms with van der Waals surface area (Å²) in [6, 6.07) is 0. The summed E-state index contributed by atoms with van der Waals surface area (Å²) in [7, 11) is 0. The lowest BCUT2D eigenvalue weighted by Crippen LogP contribution is -2.07. The van der Waals surface area contributed by atoms with Crippen LogP contribution in [0.3, 0.4) is 0 Å². The Morgan fingerprint density at radius 1 is 1.50 bits per heavy atom. The molecule has 0 aromatic carbocycles. The summed E-state index contributed by atoms with van der Waals surface area (Å²) in [5, 5.41) is 0.817. The molecule has 0 aromatic heterocycles. The van der Waals surface area contributed by atoms with Crippen LogP contribution in [-0.4, -0.2) is 0 Å². The van der Waals surface area contributed by atoms with E-state index in [1.54, 1.807) is 0 Å². The van der Waals surface area contributed by atoms with E-state index in [2.05, 4.69) is 27.4 Å². The second-order valence-corrected chi connectivity index (χ2v) is 3.57. The Balaban J connectivity index is 3.85. The minimum absolute atomic E-state index is 0.506. The van der Waals surface area contributed by atoms with E-state index in [9.17, 15) is 0 Å². The Hall–Kier alpha value is 0.0300. The van der Waals surface area contributed by atoms with Gasteiger partial charge in [-0.15, -0.1) is 0 Å². The number of allylic oxidation sites excluding steroid dienone is 1. The molecule has 0 saturated carbocycles. The van der Waals surface area contributed by atoms with Gasteiger partial charge in [0.25, 0.3) is 0 Å². The zero-order chi connectivity index (χ0) is 8.15. The van der Waals surface area contributed by atoms with Crippen molar-refractivity contribution >= 4 is 11.6 Å². The Kier molecular flexibility index (Phi) is 4.80. The van der Waals surface area contributed by atoms with Crippen molar-refractivity contribution in [2.75, 3.05) is 0 Å². The number of hydrogen-bond donors (Lipinski definition) is 0. The topological polar surface area (TPSA) is 0 Å². The van der Waals surface area contributed by atoms with Gasteiger partial charge in [-0.1, -0.05) is 45.4 Å². The van der Waals surface area contributed by atoms with Crippen LogP contribution < -0.4 is 0 Å². The first-order valence-corrected chi connectivity index (χ1v) is 4.31. The van der Waals surface area contributed by atoms with Crippen molar-refractivity contribution in [3.8, 4) is 0 Å². The molecule has 10 heavy (non-hydrogen) atoms. The minimum Gasteiger partial charge on any atom is -0.0895 e. The van der Waals surface area contributed by atoms with Crippen LogP contribution in [0.2, 0.25) is 0 Å². The van der Waals surface area contributed by atoms with Crippen LogP contribution >= 0.6 is 11.6 Å². The monoisotopic (exact) mass is 160 g/mol. The summed E-state index contributed by atoms with van der Waals surface area (Å²) in [4.78, 5) is 0. The summed E-state index contributed by atoms with van der Waals surface area (Å²) in [6.07, 6.45) is 2.36. The summed E-state index contributed by atoms with van der Waals surface area (Å²) >= 11 is 5.82. The van der Waals surface area contributed by atoms with Crippen LogP contribution in [0.25, 0.3) is 0 Å². The van der Waals surface area contributed by atoms with E-state index >= 15 is 0 Å². The summed E-state index contributed by atoms with van der Waals surface area (Å²) in [5.41, 5.74) is 0. The molecule has 1 heteroatoms. The van der Waals surface area contributed by atoms with Crippen molar-refractivity contribution in [3.05, 3.63) is 11.6 Å². The normalized spacial score (nSPS) is 13.7. The van der Waals surface area contributed by atoms with Gasteiger partial charge in [-0.25, -0.2) is 0 Å². The first-order chi connectivity index (χ1) is 4.59. The molecule has 0 aliphatic heterocycles. The van der Waals surface area contributed by atoms with Gasteiger partial charge in [0.05, 0.1) is 0 Å². The van der Waals surface area contributed by atoms with Crippen molar-refractivity contribution in [3.63, 3.8) is 0 Å². The Morgan fingerprint density at radius 2 is 2.00 bits per heavy atom. The van der Waals surface area contributed by atoms with E-state index in [1.165, 1.54) is 12.8 Å². The number of rotatable bonds is 4. The van der Waals surface area contributed by atoms with Crippen LogP contribution in [0.4, 0.5) is 0 Å². The Morgan fingerprint density at radius 3 is 2.10 bits per heavy atom. The van der Waals surface area contributed by atoms with Crippen LogP contribution in [0.5, 0.6) is 0 Å². The summed E-state index contributed by atoms with van der Waals surface area (Å²) in [5.74, 6) is 1.14. The third-order valence-electron chi connectivity index (χ3n) is 1.81. The first-order valence-electron chi connectivity index (χ1n) is 3.93. The van der Waals surface area contributed by atoms with E-state index in [1.807, 2.05) is 0 Å². The van der Waals surface area contributed by atoms with Gasteiger partial charge < -0.3 is 0 Å². The molecular formula is C9H17Cl. The third-order valence-corrected chi connectivity index (χ3v) is 2.09. The van der Waals surface area contributed by atoms with Gasteiger partial charge in [-0.2, -0.15) is 0 Å². The maximum Gasteiger partial charge on any atom is 0.0142 e. The molecule has 0 fully saturated rings. The van der Waals surface area contributed by atoms with Gasteiger partial charge in [-0.3, -0.25) is 0 Å². The van der Waals surface area contributed by atoms with Crippen LogP contribution in [0, 0.1) is 11.8 Å². The standard InChI is InChI=1S/C9H17Cl/c1-5-6-9(7(2)3)8(4)10/h7,9H,4-6H2,1-3H3. The lowest BCUT2D eigenvalue weighted by Gasteiger charge is -2.18. The lowest BCUT2D eigenvalue weighted by atomic mass is 9.91. The first kappa shape index (κ1) is 10.0. The predicted octanol–water partition coefficient (Wildman–Crippen LogP) is 3.81. The summed E-state index contributed by atoms with van der Waals surface area (Å²) < 4.78 is 0. The molecule has 0 spiro atoms. The molecule has 0 nitrogen and oxygen atoms in total. The van der Waals surface area contributed by atoms with Crippen LogP contribution in [0.15, 0.2) is 11.6 Å². The molecule has 0 aliphatic rings. The molecule has 0 saturated heterocycles. The minimum atomic E-state index is 0.506. The van der Waals surface area contributed by atoms with E-state index in [0.29, 0.717) is 11.8 Å². The number of hydrogen-bond acceptors (Lipinski definition) is 0. The van der Waals surface area contributed by atoms with E-state index in [0.717, 1.165) is 5.03 Å². The molecule has 1 unspecified atom stereocenters. The molecule has 0 heterocycles. The van der Waals surface area contributed by atoms with Crippen molar-refractivity contribution in [1.29, 1.82) is 0 Å². The van der Waals surface area contributed by atoms with Gasteiger partial charge in [0.15, 0.2) is 0 Å². The maximum atomic E-state index is 5.82. The zero-order valence-corrected chi connectivity index (χ0v) is 7.91. The van der Waals surface area contributed by atoms with E-state index in [4.69, 9.17) is 11.6 Å². The maximum absolute atomic E-state index is 5.82. The zero-order valence-electron chi connectivity index (χ0n) is 7.15. The smallest absolute Gasteiger partial charge is 0.0142 e. The third kappa shape index (κ3) is 3.26. The van der Waals surface area contributed by atoms with E-state index < -0.39 is 0 Å². The predicted molar refractivity (Wildman–Crippen MR) is 48.2 cm³/mol. The molecule has 0 radical (unpaired) electrons. The number of halogens is 1.